The maximum atomic E-state index is 13.0. The predicted octanol–water partition coefficient (Wildman–Crippen LogP) is 0.762. The summed E-state index contributed by atoms with van der Waals surface area (Å²) >= 11 is 0. The van der Waals surface area contributed by atoms with Crippen molar-refractivity contribution in [3.8, 4) is 0 Å². The normalized spacial score (nSPS) is 24.4. The van der Waals surface area contributed by atoms with Gasteiger partial charge in [-0.25, -0.2) is 13.4 Å². The van der Waals surface area contributed by atoms with Gasteiger partial charge < -0.3 is 14.8 Å². The number of sulfone groups is 1. The van der Waals surface area contributed by atoms with E-state index in [1.807, 2.05) is 9.47 Å². The third-order valence-electron chi connectivity index (χ3n) is 5.74. The first kappa shape index (κ1) is 18.5. The van der Waals surface area contributed by atoms with Crippen LogP contribution < -0.4 is 5.32 Å². The van der Waals surface area contributed by atoms with E-state index in [0.29, 0.717) is 30.9 Å². The molecule has 0 aromatic carbocycles. The SMILES string of the molecule is O=C(NC1CCS(=O)(=O)C1)c1nc(C(=O)N2CCCCC2)n2c1CCCC2. The zero-order chi connectivity index (χ0) is 19.0. The van der Waals surface area contributed by atoms with Gasteiger partial charge in [0.1, 0.15) is 5.69 Å². The van der Waals surface area contributed by atoms with Crippen molar-refractivity contribution in [2.45, 2.75) is 57.5 Å². The second kappa shape index (κ2) is 7.26. The smallest absolute Gasteiger partial charge is 0.289 e. The number of piperidine rings is 1. The molecule has 3 aliphatic rings. The lowest BCUT2D eigenvalue weighted by atomic mass is 10.1. The fourth-order valence-corrected chi connectivity index (χ4v) is 5.96. The molecule has 148 valence electrons. The summed E-state index contributed by atoms with van der Waals surface area (Å²) in [4.78, 5) is 32.0. The van der Waals surface area contributed by atoms with E-state index >= 15 is 0 Å². The third kappa shape index (κ3) is 3.74. The van der Waals surface area contributed by atoms with Crippen LogP contribution >= 0.6 is 0 Å². The van der Waals surface area contributed by atoms with Crippen LogP contribution in [0.25, 0.3) is 0 Å². The molecule has 9 heteroatoms. The van der Waals surface area contributed by atoms with Gasteiger partial charge in [0.25, 0.3) is 11.8 Å². The average molecular weight is 394 g/mol. The zero-order valence-corrected chi connectivity index (χ0v) is 16.3. The molecular weight excluding hydrogens is 368 g/mol. The van der Waals surface area contributed by atoms with E-state index in [9.17, 15) is 18.0 Å². The number of carbonyl (C=O) groups is 2. The molecule has 1 atom stereocenters. The molecule has 1 aromatic rings. The number of nitrogens with one attached hydrogen (secondary N) is 1. The van der Waals surface area contributed by atoms with Gasteiger partial charge in [-0.15, -0.1) is 0 Å². The number of imidazole rings is 1. The molecule has 1 N–H and O–H groups in total. The number of carbonyl (C=O) groups excluding carboxylic acids is 2. The van der Waals surface area contributed by atoms with Gasteiger partial charge in [-0.1, -0.05) is 0 Å². The van der Waals surface area contributed by atoms with Crippen molar-refractivity contribution in [3.05, 3.63) is 17.2 Å². The molecule has 4 heterocycles. The van der Waals surface area contributed by atoms with Crippen LogP contribution in [0.3, 0.4) is 0 Å². The highest BCUT2D eigenvalue weighted by molar-refractivity contribution is 7.91. The molecule has 3 aliphatic heterocycles. The molecule has 0 saturated carbocycles. The fraction of sp³-hybridized carbons (Fsp3) is 0.722. The van der Waals surface area contributed by atoms with E-state index < -0.39 is 9.84 Å². The van der Waals surface area contributed by atoms with Gasteiger partial charge in [-0.3, -0.25) is 9.59 Å². The van der Waals surface area contributed by atoms with E-state index in [4.69, 9.17) is 0 Å². The largest absolute Gasteiger partial charge is 0.347 e. The summed E-state index contributed by atoms with van der Waals surface area (Å²) in [6.45, 7) is 2.17. The van der Waals surface area contributed by atoms with Gasteiger partial charge in [0.2, 0.25) is 0 Å². The molecule has 0 bridgehead atoms. The average Bonchev–Trinajstić information content (AvgIpc) is 3.22. The number of fused-ring (bicyclic) bond motifs is 1. The number of aromatic nitrogens is 2. The third-order valence-corrected chi connectivity index (χ3v) is 7.50. The molecule has 27 heavy (non-hydrogen) atoms. The number of likely N-dealkylation sites (tertiary alicyclic amines) is 1. The monoisotopic (exact) mass is 394 g/mol. The molecule has 2 saturated heterocycles. The quantitative estimate of drug-likeness (QED) is 0.816. The van der Waals surface area contributed by atoms with Gasteiger partial charge in [0, 0.05) is 25.7 Å². The summed E-state index contributed by atoms with van der Waals surface area (Å²) in [5, 5.41) is 2.81. The molecule has 1 unspecified atom stereocenters. The summed E-state index contributed by atoms with van der Waals surface area (Å²) in [7, 11) is -3.06. The van der Waals surface area contributed by atoms with E-state index in [1.54, 1.807) is 0 Å². The van der Waals surface area contributed by atoms with Crippen LogP contribution in [-0.2, 0) is 22.8 Å². The Labute approximate surface area is 159 Å². The van der Waals surface area contributed by atoms with Crippen molar-refractivity contribution in [2.75, 3.05) is 24.6 Å². The van der Waals surface area contributed by atoms with Crippen LogP contribution in [-0.4, -0.2) is 65.3 Å². The second-order valence-corrected chi connectivity index (χ2v) is 9.99. The number of amides is 2. The first-order valence-corrected chi connectivity index (χ1v) is 11.7. The molecule has 0 spiro atoms. The summed E-state index contributed by atoms with van der Waals surface area (Å²) < 4.78 is 25.2. The summed E-state index contributed by atoms with van der Waals surface area (Å²) in [6, 6.07) is -0.371. The lowest BCUT2D eigenvalue weighted by molar-refractivity contribution is 0.0705. The number of hydrogen-bond donors (Lipinski definition) is 1. The highest BCUT2D eigenvalue weighted by Gasteiger charge is 2.33. The Hall–Kier alpha value is -1.90. The first-order chi connectivity index (χ1) is 12.9. The lowest BCUT2D eigenvalue weighted by Crippen LogP contribution is -2.37. The van der Waals surface area contributed by atoms with Crippen LogP contribution in [0, 0.1) is 0 Å². The van der Waals surface area contributed by atoms with Gasteiger partial charge in [-0.2, -0.15) is 0 Å². The zero-order valence-electron chi connectivity index (χ0n) is 15.4. The van der Waals surface area contributed by atoms with E-state index in [0.717, 1.165) is 50.9 Å². The Morgan fingerprint density at radius 3 is 2.48 bits per heavy atom. The highest BCUT2D eigenvalue weighted by Crippen LogP contribution is 2.23. The van der Waals surface area contributed by atoms with Crippen LogP contribution in [0.5, 0.6) is 0 Å². The molecule has 1 aromatic heterocycles. The maximum absolute atomic E-state index is 13.0. The van der Waals surface area contributed by atoms with Crippen LogP contribution in [0.2, 0.25) is 0 Å². The van der Waals surface area contributed by atoms with E-state index in [-0.39, 0.29) is 29.4 Å². The summed E-state index contributed by atoms with van der Waals surface area (Å²) in [5.41, 5.74) is 1.10. The van der Waals surface area contributed by atoms with Crippen LogP contribution in [0.15, 0.2) is 0 Å². The summed E-state index contributed by atoms with van der Waals surface area (Å²) in [5.74, 6) is -0.0108. The van der Waals surface area contributed by atoms with E-state index in [1.165, 1.54) is 0 Å². The molecule has 8 nitrogen and oxygen atoms in total. The van der Waals surface area contributed by atoms with E-state index in [2.05, 4.69) is 10.3 Å². The van der Waals surface area contributed by atoms with Gasteiger partial charge in [0.05, 0.1) is 17.2 Å². The highest BCUT2D eigenvalue weighted by atomic mass is 32.2. The number of rotatable bonds is 3. The Bertz CT molecular complexity index is 855. The van der Waals surface area contributed by atoms with Gasteiger partial charge in [-0.05, 0) is 44.9 Å². The molecular formula is C18H26N4O4S. The lowest BCUT2D eigenvalue weighted by Gasteiger charge is -2.27. The molecule has 4 rings (SSSR count). The molecule has 0 aliphatic carbocycles. The Balaban J connectivity index is 1.58. The van der Waals surface area contributed by atoms with Crippen molar-refractivity contribution in [2.24, 2.45) is 0 Å². The fourth-order valence-electron chi connectivity index (χ4n) is 4.29. The van der Waals surface area contributed by atoms with Crippen molar-refractivity contribution in [1.82, 2.24) is 19.8 Å². The first-order valence-electron chi connectivity index (χ1n) is 9.84. The van der Waals surface area contributed by atoms with Crippen molar-refractivity contribution < 1.29 is 18.0 Å². The minimum Gasteiger partial charge on any atom is -0.347 e. The van der Waals surface area contributed by atoms with Crippen molar-refractivity contribution >= 4 is 21.7 Å². The van der Waals surface area contributed by atoms with Crippen LogP contribution in [0.4, 0.5) is 0 Å². The summed E-state index contributed by atoms with van der Waals surface area (Å²) in [6.07, 6.45) is 6.22. The maximum Gasteiger partial charge on any atom is 0.289 e. The standard InChI is InChI=1S/C18H26N4O4S/c23-17(19-13-7-11-27(25,26)12-13)15-14-6-2-5-10-22(14)16(20-15)18(24)21-8-3-1-4-9-21/h13H,1-12H2,(H,19,23). The Morgan fingerprint density at radius 2 is 1.78 bits per heavy atom. The number of hydrogen-bond acceptors (Lipinski definition) is 5. The Kier molecular flexibility index (Phi) is 4.96. The molecule has 2 amide bonds. The van der Waals surface area contributed by atoms with Gasteiger partial charge in [0.15, 0.2) is 15.7 Å². The molecule has 2 fully saturated rings. The second-order valence-electron chi connectivity index (χ2n) is 7.77. The minimum absolute atomic E-state index is 0.0195. The van der Waals surface area contributed by atoms with Gasteiger partial charge >= 0.3 is 0 Å². The van der Waals surface area contributed by atoms with Crippen LogP contribution in [0.1, 0.15) is 65.3 Å². The molecule has 0 radical (unpaired) electrons. The Morgan fingerprint density at radius 1 is 1.04 bits per heavy atom. The van der Waals surface area contributed by atoms with Crippen molar-refractivity contribution in [1.29, 1.82) is 0 Å². The predicted molar refractivity (Wildman–Crippen MR) is 99.4 cm³/mol. The topological polar surface area (TPSA) is 101 Å². The number of nitrogens with zero attached hydrogens (tertiary/aromatic N) is 3. The minimum atomic E-state index is -3.06. The van der Waals surface area contributed by atoms with Crippen molar-refractivity contribution in [3.63, 3.8) is 0 Å².